The van der Waals surface area contributed by atoms with Crippen LogP contribution in [0.3, 0.4) is 0 Å². The molecule has 3 rings (SSSR count). The van der Waals surface area contributed by atoms with Gasteiger partial charge in [0.25, 0.3) is 0 Å². The molecule has 0 amide bonds. The van der Waals surface area contributed by atoms with E-state index in [-0.39, 0.29) is 0 Å². The number of thioether (sulfide) groups is 1. The summed E-state index contributed by atoms with van der Waals surface area (Å²) in [4.78, 5) is 5.40. The lowest BCUT2D eigenvalue weighted by Gasteiger charge is -2.14. The van der Waals surface area contributed by atoms with Crippen LogP contribution < -0.4 is 0 Å². The van der Waals surface area contributed by atoms with Gasteiger partial charge in [-0.3, -0.25) is 4.98 Å². The largest absolute Gasteiger partial charge is 0.384 e. The first-order valence-electron chi connectivity index (χ1n) is 7.03. The number of fused-ring (bicyclic) bond motifs is 1. The highest BCUT2D eigenvalue weighted by molar-refractivity contribution is 7.99. The first-order valence-corrected chi connectivity index (χ1v) is 8.01. The molecule has 0 aliphatic rings. The first kappa shape index (κ1) is 14.1. The number of nitrogens with zero attached hydrogens (tertiary/aromatic N) is 1. The van der Waals surface area contributed by atoms with Crippen molar-refractivity contribution in [3.8, 4) is 0 Å². The highest BCUT2D eigenvalue weighted by Gasteiger charge is 2.13. The number of aliphatic hydroxyl groups excluding tert-OH is 1. The fraction of sp³-hybridized carbons (Fsp3) is 0.167. The zero-order valence-corrected chi connectivity index (χ0v) is 12.7. The van der Waals surface area contributed by atoms with Crippen LogP contribution in [0.2, 0.25) is 0 Å². The fourth-order valence-electron chi connectivity index (χ4n) is 2.47. The molecule has 1 atom stereocenters. The standard InChI is InChI=1S/C18H17NOS/c1-2-21-15-8-6-14(7-9-15)18(20)16-5-3-4-13-10-11-19-12-17(13)16/h3-12,18,20H,2H2,1H3. The molecule has 1 heterocycles. The maximum Gasteiger partial charge on any atom is 0.105 e. The number of benzene rings is 2. The molecule has 0 saturated heterocycles. The van der Waals surface area contributed by atoms with Gasteiger partial charge in [-0.05, 0) is 40.5 Å². The van der Waals surface area contributed by atoms with Gasteiger partial charge in [0.2, 0.25) is 0 Å². The molecular weight excluding hydrogens is 278 g/mol. The zero-order valence-electron chi connectivity index (χ0n) is 11.9. The van der Waals surface area contributed by atoms with Gasteiger partial charge in [0.05, 0.1) is 0 Å². The van der Waals surface area contributed by atoms with Crippen LogP contribution in [0, 0.1) is 0 Å². The first-order chi connectivity index (χ1) is 10.3. The summed E-state index contributed by atoms with van der Waals surface area (Å²) in [6, 6.07) is 16.1. The van der Waals surface area contributed by atoms with Crippen LogP contribution in [0.5, 0.6) is 0 Å². The molecule has 3 aromatic rings. The fourth-order valence-corrected chi connectivity index (χ4v) is 3.13. The Bertz CT molecular complexity index is 734. The molecule has 1 N–H and O–H groups in total. The van der Waals surface area contributed by atoms with Gasteiger partial charge < -0.3 is 5.11 Å². The van der Waals surface area contributed by atoms with Crippen molar-refractivity contribution < 1.29 is 5.11 Å². The predicted molar refractivity (Wildman–Crippen MR) is 88.6 cm³/mol. The maximum atomic E-state index is 10.7. The lowest BCUT2D eigenvalue weighted by Crippen LogP contribution is -2.00. The molecule has 0 aliphatic carbocycles. The molecular formula is C18H17NOS. The van der Waals surface area contributed by atoms with E-state index in [1.165, 1.54) is 4.90 Å². The average molecular weight is 295 g/mol. The topological polar surface area (TPSA) is 33.1 Å². The van der Waals surface area contributed by atoms with Gasteiger partial charge in [-0.2, -0.15) is 0 Å². The Kier molecular flexibility index (Phi) is 4.23. The third-order valence-electron chi connectivity index (χ3n) is 3.52. The van der Waals surface area contributed by atoms with E-state index in [0.717, 1.165) is 27.7 Å². The minimum Gasteiger partial charge on any atom is -0.384 e. The quantitative estimate of drug-likeness (QED) is 0.723. The average Bonchev–Trinajstić information content (AvgIpc) is 2.55. The lowest BCUT2D eigenvalue weighted by atomic mass is 9.97. The van der Waals surface area contributed by atoms with Crippen molar-refractivity contribution in [1.29, 1.82) is 0 Å². The second-order valence-electron chi connectivity index (χ2n) is 4.85. The summed E-state index contributed by atoms with van der Waals surface area (Å²) in [5, 5.41) is 12.8. The molecule has 2 aromatic carbocycles. The molecule has 0 saturated carbocycles. The van der Waals surface area contributed by atoms with Crippen LogP contribution in [0.15, 0.2) is 65.8 Å². The van der Waals surface area contributed by atoms with Gasteiger partial charge in [-0.25, -0.2) is 0 Å². The number of aliphatic hydroxyl groups is 1. The summed E-state index contributed by atoms with van der Waals surface area (Å²) < 4.78 is 0. The molecule has 0 fully saturated rings. The summed E-state index contributed by atoms with van der Waals surface area (Å²) >= 11 is 1.80. The van der Waals surface area contributed by atoms with Crippen molar-refractivity contribution in [2.45, 2.75) is 17.9 Å². The summed E-state index contributed by atoms with van der Waals surface area (Å²) in [6.07, 6.45) is 2.96. The van der Waals surface area contributed by atoms with E-state index in [0.29, 0.717) is 0 Å². The monoisotopic (exact) mass is 295 g/mol. The summed E-state index contributed by atoms with van der Waals surface area (Å²) in [5.74, 6) is 1.05. The molecule has 2 nitrogen and oxygen atoms in total. The summed E-state index contributed by atoms with van der Waals surface area (Å²) in [5.41, 5.74) is 1.81. The van der Waals surface area contributed by atoms with Crippen LogP contribution in [0.1, 0.15) is 24.2 Å². The van der Waals surface area contributed by atoms with Crippen molar-refractivity contribution in [1.82, 2.24) is 4.98 Å². The van der Waals surface area contributed by atoms with Crippen molar-refractivity contribution in [3.05, 3.63) is 72.1 Å². The van der Waals surface area contributed by atoms with Gasteiger partial charge in [-0.1, -0.05) is 37.3 Å². The number of rotatable bonds is 4. The number of pyridine rings is 1. The number of aromatic nitrogens is 1. The molecule has 3 heteroatoms. The molecule has 0 spiro atoms. The van der Waals surface area contributed by atoms with Crippen molar-refractivity contribution in [3.63, 3.8) is 0 Å². The van der Waals surface area contributed by atoms with E-state index in [9.17, 15) is 5.11 Å². The van der Waals surface area contributed by atoms with Crippen LogP contribution >= 0.6 is 11.8 Å². The van der Waals surface area contributed by atoms with Crippen LogP contribution in [0.4, 0.5) is 0 Å². The van der Waals surface area contributed by atoms with E-state index in [4.69, 9.17) is 0 Å². The van der Waals surface area contributed by atoms with E-state index >= 15 is 0 Å². The normalized spacial score (nSPS) is 12.5. The third-order valence-corrected chi connectivity index (χ3v) is 4.41. The highest BCUT2D eigenvalue weighted by atomic mass is 32.2. The highest BCUT2D eigenvalue weighted by Crippen LogP contribution is 2.29. The van der Waals surface area contributed by atoms with Gasteiger partial charge in [0, 0.05) is 22.7 Å². The summed E-state index contributed by atoms with van der Waals surface area (Å²) in [7, 11) is 0. The minimum absolute atomic E-state index is 0.626. The van der Waals surface area contributed by atoms with E-state index in [1.807, 2.05) is 42.6 Å². The van der Waals surface area contributed by atoms with Crippen molar-refractivity contribution in [2.24, 2.45) is 0 Å². The maximum absolute atomic E-state index is 10.7. The van der Waals surface area contributed by atoms with Crippen molar-refractivity contribution >= 4 is 22.5 Å². The Balaban J connectivity index is 1.98. The van der Waals surface area contributed by atoms with Crippen molar-refractivity contribution in [2.75, 3.05) is 5.75 Å². The molecule has 1 aromatic heterocycles. The van der Waals surface area contributed by atoms with E-state index < -0.39 is 6.10 Å². The van der Waals surface area contributed by atoms with Crippen LogP contribution in [-0.2, 0) is 0 Å². The Morgan fingerprint density at radius 1 is 1.10 bits per heavy atom. The van der Waals surface area contributed by atoms with E-state index in [1.54, 1.807) is 18.0 Å². The Hall–Kier alpha value is -1.84. The Labute approximate surface area is 128 Å². The third kappa shape index (κ3) is 2.94. The SMILES string of the molecule is CCSc1ccc(C(O)c2cccc3ccncc23)cc1. The van der Waals surface area contributed by atoms with Gasteiger partial charge >= 0.3 is 0 Å². The summed E-state index contributed by atoms with van der Waals surface area (Å²) in [6.45, 7) is 2.14. The van der Waals surface area contributed by atoms with Gasteiger partial charge in [0.1, 0.15) is 6.10 Å². The molecule has 0 radical (unpaired) electrons. The second-order valence-corrected chi connectivity index (χ2v) is 6.19. The second kappa shape index (κ2) is 6.29. The van der Waals surface area contributed by atoms with Crippen LogP contribution in [-0.4, -0.2) is 15.8 Å². The zero-order chi connectivity index (χ0) is 14.7. The van der Waals surface area contributed by atoms with Gasteiger partial charge in [0.15, 0.2) is 0 Å². The number of hydrogen-bond donors (Lipinski definition) is 1. The molecule has 21 heavy (non-hydrogen) atoms. The molecule has 0 bridgehead atoms. The lowest BCUT2D eigenvalue weighted by molar-refractivity contribution is 0.222. The minimum atomic E-state index is -0.626. The van der Waals surface area contributed by atoms with E-state index in [2.05, 4.69) is 24.0 Å². The smallest absolute Gasteiger partial charge is 0.105 e. The molecule has 0 aliphatic heterocycles. The Morgan fingerprint density at radius 3 is 2.67 bits per heavy atom. The Morgan fingerprint density at radius 2 is 1.90 bits per heavy atom. The van der Waals surface area contributed by atoms with Crippen LogP contribution in [0.25, 0.3) is 10.8 Å². The molecule has 106 valence electrons. The van der Waals surface area contributed by atoms with Gasteiger partial charge in [-0.15, -0.1) is 11.8 Å². The molecule has 1 unspecified atom stereocenters. The predicted octanol–water partition coefficient (Wildman–Crippen LogP) is 4.43. The number of hydrogen-bond acceptors (Lipinski definition) is 3.